The molecule has 1 aliphatic rings. The molecule has 0 bridgehead atoms. The van der Waals surface area contributed by atoms with Crippen LogP contribution in [-0.4, -0.2) is 47.7 Å². The lowest BCUT2D eigenvalue weighted by molar-refractivity contribution is 0.0143. The first-order valence-electron chi connectivity index (χ1n) is 8.06. The summed E-state index contributed by atoms with van der Waals surface area (Å²) < 4.78 is 11.3. The van der Waals surface area contributed by atoms with Crippen LogP contribution < -0.4 is 5.32 Å². The molecule has 2 aromatic heterocycles. The van der Waals surface area contributed by atoms with E-state index in [2.05, 4.69) is 26.3 Å². The van der Waals surface area contributed by atoms with Crippen molar-refractivity contribution < 1.29 is 9.15 Å². The molecule has 6 heteroatoms. The predicted molar refractivity (Wildman–Crippen MR) is 88.6 cm³/mol. The number of aryl methyl sites for hydroxylation is 3. The van der Waals surface area contributed by atoms with Crippen LogP contribution in [0.1, 0.15) is 29.0 Å². The topological polar surface area (TPSA) is 63.4 Å². The molecule has 0 spiro atoms. The molecule has 2 aromatic rings. The van der Waals surface area contributed by atoms with Crippen LogP contribution in [0.2, 0.25) is 0 Å². The summed E-state index contributed by atoms with van der Waals surface area (Å²) in [4.78, 5) is 11.3. The maximum Gasteiger partial charge on any atom is 0.223 e. The van der Waals surface area contributed by atoms with Gasteiger partial charge in [0.2, 0.25) is 5.95 Å². The number of hydrogen-bond donors (Lipinski definition) is 1. The van der Waals surface area contributed by atoms with Crippen LogP contribution in [0.15, 0.2) is 22.6 Å². The third-order valence-corrected chi connectivity index (χ3v) is 4.01. The zero-order valence-corrected chi connectivity index (χ0v) is 14.0. The first kappa shape index (κ1) is 16.0. The second-order valence-electron chi connectivity index (χ2n) is 5.97. The monoisotopic (exact) mass is 316 g/mol. The van der Waals surface area contributed by atoms with Crippen molar-refractivity contribution in [1.82, 2.24) is 14.9 Å². The van der Waals surface area contributed by atoms with Gasteiger partial charge in [-0.05, 0) is 39.0 Å². The van der Waals surface area contributed by atoms with E-state index in [9.17, 15) is 0 Å². The molecule has 0 amide bonds. The fraction of sp³-hybridized carbons (Fsp3) is 0.529. The highest BCUT2D eigenvalue weighted by Gasteiger charge is 2.25. The Labute approximate surface area is 136 Å². The molecule has 0 radical (unpaired) electrons. The standard InChI is InChI=1S/C17H24N4O2/c1-12-10-13(2)20-17(19-12)18-11-15(16-5-4-14(3)23-16)21-6-8-22-9-7-21/h4-5,10,15H,6-9,11H2,1-3H3,(H,18,19,20). The molecule has 1 saturated heterocycles. The molecule has 1 N–H and O–H groups in total. The number of rotatable bonds is 5. The predicted octanol–water partition coefficient (Wildman–Crippen LogP) is 2.48. The van der Waals surface area contributed by atoms with Crippen molar-refractivity contribution in [2.24, 2.45) is 0 Å². The van der Waals surface area contributed by atoms with Gasteiger partial charge in [0, 0.05) is 31.0 Å². The van der Waals surface area contributed by atoms with E-state index in [1.54, 1.807) is 0 Å². The Morgan fingerprint density at radius 3 is 2.43 bits per heavy atom. The Morgan fingerprint density at radius 2 is 1.83 bits per heavy atom. The van der Waals surface area contributed by atoms with E-state index in [-0.39, 0.29) is 6.04 Å². The average molecular weight is 316 g/mol. The van der Waals surface area contributed by atoms with Crippen molar-refractivity contribution >= 4 is 5.95 Å². The van der Waals surface area contributed by atoms with Gasteiger partial charge in [-0.3, -0.25) is 4.90 Å². The Kier molecular flexibility index (Phi) is 4.93. The highest BCUT2D eigenvalue weighted by molar-refractivity contribution is 5.28. The minimum atomic E-state index is 0.150. The summed E-state index contributed by atoms with van der Waals surface area (Å²) in [6, 6.07) is 6.19. The highest BCUT2D eigenvalue weighted by Crippen LogP contribution is 2.24. The second kappa shape index (κ2) is 7.10. The van der Waals surface area contributed by atoms with Gasteiger partial charge in [-0.1, -0.05) is 0 Å². The molecule has 1 fully saturated rings. The van der Waals surface area contributed by atoms with Gasteiger partial charge in [-0.15, -0.1) is 0 Å². The van der Waals surface area contributed by atoms with Crippen LogP contribution in [0.5, 0.6) is 0 Å². The Hall–Kier alpha value is -1.92. The summed E-state index contributed by atoms with van der Waals surface area (Å²) in [5, 5.41) is 3.37. The number of nitrogens with one attached hydrogen (secondary N) is 1. The van der Waals surface area contributed by atoms with Crippen molar-refractivity contribution in [3.63, 3.8) is 0 Å². The summed E-state index contributed by atoms with van der Waals surface area (Å²) in [6.45, 7) is 9.96. The van der Waals surface area contributed by atoms with Crippen molar-refractivity contribution in [3.05, 3.63) is 41.1 Å². The lowest BCUT2D eigenvalue weighted by Gasteiger charge is -2.33. The van der Waals surface area contributed by atoms with E-state index in [0.717, 1.165) is 49.2 Å². The van der Waals surface area contributed by atoms with Crippen LogP contribution in [0.3, 0.4) is 0 Å². The molecule has 1 unspecified atom stereocenters. The molecule has 0 saturated carbocycles. The van der Waals surface area contributed by atoms with Gasteiger partial charge in [0.25, 0.3) is 0 Å². The maximum atomic E-state index is 5.87. The van der Waals surface area contributed by atoms with Crippen LogP contribution in [0, 0.1) is 20.8 Å². The third kappa shape index (κ3) is 4.09. The number of furan rings is 1. The van der Waals surface area contributed by atoms with E-state index in [1.165, 1.54) is 0 Å². The van der Waals surface area contributed by atoms with E-state index >= 15 is 0 Å². The molecule has 6 nitrogen and oxygen atoms in total. The van der Waals surface area contributed by atoms with Gasteiger partial charge in [0.05, 0.1) is 19.3 Å². The van der Waals surface area contributed by atoms with E-state index in [1.807, 2.05) is 32.9 Å². The molecule has 124 valence electrons. The minimum Gasteiger partial charge on any atom is -0.465 e. The summed E-state index contributed by atoms with van der Waals surface area (Å²) in [6.07, 6.45) is 0. The van der Waals surface area contributed by atoms with Gasteiger partial charge in [0.15, 0.2) is 0 Å². The number of morpholine rings is 1. The Morgan fingerprint density at radius 1 is 1.13 bits per heavy atom. The SMILES string of the molecule is Cc1cc(C)nc(NCC(c2ccc(C)o2)N2CCOCC2)n1. The molecule has 3 rings (SSSR count). The maximum absolute atomic E-state index is 5.87. The molecule has 0 aliphatic carbocycles. The van der Waals surface area contributed by atoms with Crippen LogP contribution >= 0.6 is 0 Å². The van der Waals surface area contributed by atoms with Gasteiger partial charge < -0.3 is 14.5 Å². The van der Waals surface area contributed by atoms with Crippen molar-refractivity contribution in [2.75, 3.05) is 38.2 Å². The molecule has 0 aromatic carbocycles. The Balaban J connectivity index is 1.75. The van der Waals surface area contributed by atoms with E-state index in [0.29, 0.717) is 12.5 Å². The van der Waals surface area contributed by atoms with Gasteiger partial charge >= 0.3 is 0 Å². The smallest absolute Gasteiger partial charge is 0.223 e. The first-order chi connectivity index (χ1) is 11.1. The largest absolute Gasteiger partial charge is 0.465 e. The van der Waals surface area contributed by atoms with Gasteiger partial charge in [-0.2, -0.15) is 0 Å². The van der Waals surface area contributed by atoms with E-state index < -0.39 is 0 Å². The number of anilines is 1. The van der Waals surface area contributed by atoms with Gasteiger partial charge in [-0.25, -0.2) is 9.97 Å². The average Bonchev–Trinajstić information content (AvgIpc) is 2.94. The summed E-state index contributed by atoms with van der Waals surface area (Å²) >= 11 is 0. The second-order valence-corrected chi connectivity index (χ2v) is 5.97. The number of aromatic nitrogens is 2. The molecule has 1 aliphatic heterocycles. The Bertz CT molecular complexity index is 630. The van der Waals surface area contributed by atoms with Gasteiger partial charge in [0.1, 0.15) is 11.5 Å². The minimum absolute atomic E-state index is 0.150. The molecular weight excluding hydrogens is 292 g/mol. The first-order valence-corrected chi connectivity index (χ1v) is 8.06. The summed E-state index contributed by atoms with van der Waals surface area (Å²) in [5.74, 6) is 2.58. The molecular formula is C17H24N4O2. The summed E-state index contributed by atoms with van der Waals surface area (Å²) in [5.41, 5.74) is 1.94. The zero-order valence-electron chi connectivity index (χ0n) is 14.0. The zero-order chi connectivity index (χ0) is 16.2. The van der Waals surface area contributed by atoms with Crippen LogP contribution in [-0.2, 0) is 4.74 Å². The van der Waals surface area contributed by atoms with Crippen molar-refractivity contribution in [2.45, 2.75) is 26.8 Å². The van der Waals surface area contributed by atoms with E-state index in [4.69, 9.17) is 9.15 Å². The quantitative estimate of drug-likeness (QED) is 0.914. The summed E-state index contributed by atoms with van der Waals surface area (Å²) in [7, 11) is 0. The fourth-order valence-corrected chi connectivity index (χ4v) is 2.92. The number of nitrogens with zero attached hydrogens (tertiary/aromatic N) is 3. The van der Waals surface area contributed by atoms with Crippen LogP contribution in [0.4, 0.5) is 5.95 Å². The molecule has 1 atom stereocenters. The fourth-order valence-electron chi connectivity index (χ4n) is 2.92. The van der Waals surface area contributed by atoms with Crippen molar-refractivity contribution in [1.29, 1.82) is 0 Å². The molecule has 3 heterocycles. The van der Waals surface area contributed by atoms with Crippen LogP contribution in [0.25, 0.3) is 0 Å². The highest BCUT2D eigenvalue weighted by atomic mass is 16.5. The third-order valence-electron chi connectivity index (χ3n) is 4.01. The lowest BCUT2D eigenvalue weighted by atomic mass is 10.1. The lowest BCUT2D eigenvalue weighted by Crippen LogP contribution is -2.41. The number of ether oxygens (including phenoxy) is 1. The van der Waals surface area contributed by atoms with Crippen molar-refractivity contribution in [3.8, 4) is 0 Å². The normalized spacial score (nSPS) is 17.2. The molecule has 23 heavy (non-hydrogen) atoms. The number of hydrogen-bond acceptors (Lipinski definition) is 6.